The number of carbonyl (C=O) groups is 2. The zero-order valence-electron chi connectivity index (χ0n) is 15.9. The number of benzene rings is 2. The van der Waals surface area contributed by atoms with Crippen molar-refractivity contribution in [2.24, 2.45) is 0 Å². The lowest BCUT2D eigenvalue weighted by Crippen LogP contribution is -2.27. The Morgan fingerprint density at radius 1 is 1.10 bits per heavy atom. The standard InChI is InChI=1S/C22H16N2O5S/c1-14-5-7-15(8-6-14)13-23-21(25)20(30-22(23)26)12-18-9-10-19(29-18)16-3-2-4-17(11-16)24(27)28/h2-12H,13H2,1H3/b20-12+. The van der Waals surface area contributed by atoms with E-state index in [-0.39, 0.29) is 28.3 Å². The fourth-order valence-electron chi connectivity index (χ4n) is 3.00. The second-order valence-electron chi connectivity index (χ2n) is 6.76. The average Bonchev–Trinajstić information content (AvgIpc) is 3.30. The van der Waals surface area contributed by atoms with Gasteiger partial charge in [0.25, 0.3) is 16.8 Å². The summed E-state index contributed by atoms with van der Waals surface area (Å²) in [6.45, 7) is 2.18. The van der Waals surface area contributed by atoms with Gasteiger partial charge in [0.15, 0.2) is 0 Å². The van der Waals surface area contributed by atoms with E-state index in [0.717, 1.165) is 22.9 Å². The molecule has 2 heterocycles. The maximum atomic E-state index is 12.7. The lowest BCUT2D eigenvalue weighted by molar-refractivity contribution is -0.384. The van der Waals surface area contributed by atoms with E-state index in [1.165, 1.54) is 23.1 Å². The number of furan rings is 1. The first kappa shape index (κ1) is 19.7. The molecule has 0 radical (unpaired) electrons. The van der Waals surface area contributed by atoms with Gasteiger partial charge in [0.1, 0.15) is 11.5 Å². The summed E-state index contributed by atoms with van der Waals surface area (Å²) < 4.78 is 5.72. The van der Waals surface area contributed by atoms with E-state index < -0.39 is 4.92 Å². The minimum Gasteiger partial charge on any atom is -0.457 e. The molecule has 0 bridgehead atoms. The third-order valence-electron chi connectivity index (χ3n) is 4.58. The van der Waals surface area contributed by atoms with Crippen molar-refractivity contribution in [2.75, 3.05) is 0 Å². The highest BCUT2D eigenvalue weighted by molar-refractivity contribution is 8.18. The molecule has 2 aromatic carbocycles. The van der Waals surface area contributed by atoms with E-state index in [1.54, 1.807) is 24.3 Å². The molecular weight excluding hydrogens is 404 g/mol. The van der Waals surface area contributed by atoms with Gasteiger partial charge in [0.2, 0.25) is 0 Å². The molecule has 0 N–H and O–H groups in total. The number of hydrogen-bond acceptors (Lipinski definition) is 6. The largest absolute Gasteiger partial charge is 0.457 e. The number of hydrogen-bond donors (Lipinski definition) is 0. The van der Waals surface area contributed by atoms with Crippen LogP contribution in [0.25, 0.3) is 17.4 Å². The van der Waals surface area contributed by atoms with Crippen LogP contribution in [0, 0.1) is 17.0 Å². The molecular formula is C22H16N2O5S. The van der Waals surface area contributed by atoms with Crippen LogP contribution in [0.5, 0.6) is 0 Å². The first-order valence-corrected chi connectivity index (χ1v) is 9.88. The molecule has 1 aromatic heterocycles. The van der Waals surface area contributed by atoms with Crippen LogP contribution in [-0.4, -0.2) is 21.0 Å². The zero-order chi connectivity index (χ0) is 21.3. The number of aryl methyl sites for hydroxylation is 1. The van der Waals surface area contributed by atoms with Crippen LogP contribution < -0.4 is 0 Å². The summed E-state index contributed by atoms with van der Waals surface area (Å²) in [6, 6.07) is 17.1. The van der Waals surface area contributed by atoms with E-state index in [9.17, 15) is 19.7 Å². The molecule has 2 amide bonds. The summed E-state index contributed by atoms with van der Waals surface area (Å²) >= 11 is 0.860. The van der Waals surface area contributed by atoms with Gasteiger partial charge in [-0.1, -0.05) is 42.0 Å². The molecule has 0 saturated carbocycles. The van der Waals surface area contributed by atoms with Crippen molar-refractivity contribution in [2.45, 2.75) is 13.5 Å². The van der Waals surface area contributed by atoms with E-state index in [1.807, 2.05) is 31.2 Å². The van der Waals surface area contributed by atoms with Gasteiger partial charge in [-0.05, 0) is 36.4 Å². The Kier molecular flexibility index (Phi) is 5.24. The number of non-ortho nitro benzene ring substituents is 1. The first-order valence-electron chi connectivity index (χ1n) is 9.06. The number of nitro benzene ring substituents is 1. The van der Waals surface area contributed by atoms with E-state index >= 15 is 0 Å². The SMILES string of the molecule is Cc1ccc(CN2C(=O)S/C(=C/c3ccc(-c4cccc([N+](=O)[O-])c4)o3)C2=O)cc1. The monoisotopic (exact) mass is 420 g/mol. The third-order valence-corrected chi connectivity index (χ3v) is 5.48. The Balaban J connectivity index is 1.53. The van der Waals surface area contributed by atoms with Crippen molar-refractivity contribution in [1.82, 2.24) is 4.90 Å². The van der Waals surface area contributed by atoms with Crippen LogP contribution in [0.2, 0.25) is 0 Å². The first-order chi connectivity index (χ1) is 14.4. The molecule has 0 unspecified atom stereocenters. The fourth-order valence-corrected chi connectivity index (χ4v) is 3.82. The zero-order valence-corrected chi connectivity index (χ0v) is 16.7. The van der Waals surface area contributed by atoms with E-state index in [4.69, 9.17) is 4.42 Å². The lowest BCUT2D eigenvalue weighted by atomic mass is 10.1. The molecule has 1 aliphatic heterocycles. The molecule has 150 valence electrons. The number of thioether (sulfide) groups is 1. The minimum atomic E-state index is -0.475. The highest BCUT2D eigenvalue weighted by Crippen LogP contribution is 2.34. The van der Waals surface area contributed by atoms with Gasteiger partial charge in [0, 0.05) is 23.8 Å². The fraction of sp³-hybridized carbons (Fsp3) is 0.0909. The van der Waals surface area contributed by atoms with Gasteiger partial charge in [-0.15, -0.1) is 0 Å². The number of imide groups is 1. The maximum absolute atomic E-state index is 12.7. The third kappa shape index (κ3) is 4.04. The van der Waals surface area contributed by atoms with Crippen LogP contribution in [0.3, 0.4) is 0 Å². The Morgan fingerprint density at radius 2 is 1.87 bits per heavy atom. The van der Waals surface area contributed by atoms with Crippen molar-refractivity contribution >= 4 is 34.7 Å². The maximum Gasteiger partial charge on any atom is 0.293 e. The van der Waals surface area contributed by atoms with E-state index in [2.05, 4.69) is 0 Å². The van der Waals surface area contributed by atoms with Crippen LogP contribution >= 0.6 is 11.8 Å². The summed E-state index contributed by atoms with van der Waals surface area (Å²) in [5, 5.41) is 10.6. The topological polar surface area (TPSA) is 93.7 Å². The van der Waals surface area contributed by atoms with Crippen LogP contribution in [0.4, 0.5) is 10.5 Å². The van der Waals surface area contributed by atoms with Crippen LogP contribution in [-0.2, 0) is 11.3 Å². The molecule has 1 saturated heterocycles. The molecule has 0 spiro atoms. The molecule has 1 fully saturated rings. The quantitative estimate of drug-likeness (QED) is 0.312. The molecule has 0 aliphatic carbocycles. The predicted molar refractivity (Wildman–Crippen MR) is 113 cm³/mol. The van der Waals surface area contributed by atoms with Crippen molar-refractivity contribution in [3.05, 3.63) is 92.6 Å². The number of amides is 2. The van der Waals surface area contributed by atoms with Gasteiger partial charge in [0.05, 0.1) is 16.4 Å². The van der Waals surface area contributed by atoms with E-state index in [0.29, 0.717) is 17.1 Å². The molecule has 3 aromatic rings. The van der Waals surface area contributed by atoms with Gasteiger partial charge >= 0.3 is 0 Å². The molecule has 1 aliphatic rings. The summed E-state index contributed by atoms with van der Waals surface area (Å²) in [6.07, 6.45) is 1.51. The van der Waals surface area contributed by atoms with Crippen molar-refractivity contribution in [3.63, 3.8) is 0 Å². The van der Waals surface area contributed by atoms with Gasteiger partial charge in [-0.25, -0.2) is 0 Å². The van der Waals surface area contributed by atoms with Crippen molar-refractivity contribution < 1.29 is 18.9 Å². The lowest BCUT2D eigenvalue weighted by Gasteiger charge is -2.12. The smallest absolute Gasteiger partial charge is 0.293 e. The number of nitrogens with zero attached hydrogens (tertiary/aromatic N) is 2. The summed E-state index contributed by atoms with van der Waals surface area (Å²) in [7, 11) is 0. The number of rotatable bonds is 5. The Labute approximate surface area is 176 Å². The molecule has 30 heavy (non-hydrogen) atoms. The summed E-state index contributed by atoms with van der Waals surface area (Å²) in [4.78, 5) is 37.0. The minimum absolute atomic E-state index is 0.0392. The Bertz CT molecular complexity index is 1180. The molecule has 8 heteroatoms. The molecule has 0 atom stereocenters. The molecule has 7 nitrogen and oxygen atoms in total. The van der Waals surface area contributed by atoms with Crippen LogP contribution in [0.1, 0.15) is 16.9 Å². The number of nitro groups is 1. The second kappa shape index (κ2) is 8.00. The normalized spacial score (nSPS) is 15.2. The van der Waals surface area contributed by atoms with Crippen molar-refractivity contribution in [1.29, 1.82) is 0 Å². The highest BCUT2D eigenvalue weighted by atomic mass is 32.2. The Hall–Kier alpha value is -3.65. The molecule has 4 rings (SSSR count). The second-order valence-corrected chi connectivity index (χ2v) is 7.76. The number of carbonyl (C=O) groups excluding carboxylic acids is 2. The summed E-state index contributed by atoms with van der Waals surface area (Å²) in [5.41, 5.74) is 2.49. The van der Waals surface area contributed by atoms with Gasteiger partial charge in [-0.3, -0.25) is 24.6 Å². The van der Waals surface area contributed by atoms with Gasteiger partial charge in [-0.2, -0.15) is 0 Å². The average molecular weight is 420 g/mol. The van der Waals surface area contributed by atoms with Gasteiger partial charge < -0.3 is 4.42 Å². The summed E-state index contributed by atoms with van der Waals surface area (Å²) in [5.74, 6) is 0.444. The predicted octanol–water partition coefficient (Wildman–Crippen LogP) is 5.40. The van der Waals surface area contributed by atoms with Crippen LogP contribution in [0.15, 0.2) is 70.0 Å². The Morgan fingerprint density at radius 3 is 2.60 bits per heavy atom. The van der Waals surface area contributed by atoms with Crippen molar-refractivity contribution in [3.8, 4) is 11.3 Å². The highest BCUT2D eigenvalue weighted by Gasteiger charge is 2.35.